The van der Waals surface area contributed by atoms with E-state index in [1.54, 1.807) is 42.5 Å². The number of nitrogens with zero attached hydrogens (tertiary/aromatic N) is 4. The number of alkyl halides is 3. The van der Waals surface area contributed by atoms with Crippen molar-refractivity contribution < 1.29 is 18.0 Å². The predicted molar refractivity (Wildman–Crippen MR) is 139 cm³/mol. The quantitative estimate of drug-likeness (QED) is 0.330. The van der Waals surface area contributed by atoms with Crippen LogP contribution in [0.4, 0.5) is 13.2 Å². The lowest BCUT2D eigenvalue weighted by Gasteiger charge is -2.14. The van der Waals surface area contributed by atoms with Gasteiger partial charge < -0.3 is 10.3 Å². The first-order valence-electron chi connectivity index (χ1n) is 11.9. The van der Waals surface area contributed by atoms with Crippen LogP contribution in [0.2, 0.25) is 0 Å². The van der Waals surface area contributed by atoms with Crippen molar-refractivity contribution in [3.05, 3.63) is 105 Å². The van der Waals surface area contributed by atoms with Crippen molar-refractivity contribution in [2.24, 2.45) is 0 Å². The van der Waals surface area contributed by atoms with Gasteiger partial charge in [-0.25, -0.2) is 15.0 Å². The van der Waals surface area contributed by atoms with Crippen molar-refractivity contribution in [1.29, 1.82) is 0 Å². The molecule has 4 aromatic heterocycles. The third-order valence-corrected chi connectivity index (χ3v) is 5.85. The first-order chi connectivity index (χ1) is 18.6. The zero-order valence-corrected chi connectivity index (χ0v) is 20.8. The summed E-state index contributed by atoms with van der Waals surface area (Å²) in [6, 6.07) is 17.5. The Morgan fingerprint density at radius 3 is 2.31 bits per heavy atom. The van der Waals surface area contributed by atoms with E-state index in [1.807, 2.05) is 13.0 Å². The molecular weight excluding hydrogens is 509 g/mol. The van der Waals surface area contributed by atoms with E-state index in [-0.39, 0.29) is 45.9 Å². The van der Waals surface area contributed by atoms with E-state index in [4.69, 9.17) is 0 Å². The van der Waals surface area contributed by atoms with E-state index in [1.165, 1.54) is 13.0 Å². The fourth-order valence-electron chi connectivity index (χ4n) is 4.15. The van der Waals surface area contributed by atoms with Crippen LogP contribution in [-0.2, 0) is 12.7 Å². The van der Waals surface area contributed by atoms with Crippen molar-refractivity contribution in [1.82, 2.24) is 30.2 Å². The molecular formula is C28H21F3N6O2. The summed E-state index contributed by atoms with van der Waals surface area (Å²) in [6.07, 6.45) is -4.68. The number of fused-ring (bicyclic) bond motifs is 1. The van der Waals surface area contributed by atoms with Gasteiger partial charge in [0.1, 0.15) is 11.2 Å². The van der Waals surface area contributed by atoms with Gasteiger partial charge in [-0.1, -0.05) is 36.4 Å². The van der Waals surface area contributed by atoms with E-state index in [2.05, 4.69) is 30.2 Å². The monoisotopic (exact) mass is 530 g/mol. The largest absolute Gasteiger partial charge is 0.433 e. The Kier molecular flexibility index (Phi) is 6.65. The Morgan fingerprint density at radius 2 is 1.59 bits per heavy atom. The molecule has 11 heteroatoms. The number of nitrogens with one attached hydrogen (secondary N) is 2. The van der Waals surface area contributed by atoms with Gasteiger partial charge in [0.25, 0.3) is 5.91 Å². The van der Waals surface area contributed by atoms with Gasteiger partial charge in [-0.05, 0) is 38.1 Å². The molecule has 0 aliphatic carbocycles. The van der Waals surface area contributed by atoms with Gasteiger partial charge in [-0.15, -0.1) is 0 Å². The number of amides is 1. The number of halogens is 3. The zero-order chi connectivity index (χ0) is 27.7. The third kappa shape index (κ3) is 5.52. The van der Waals surface area contributed by atoms with Crippen LogP contribution in [0.25, 0.3) is 33.7 Å². The summed E-state index contributed by atoms with van der Waals surface area (Å²) in [6.45, 7) is 3.36. The molecule has 5 rings (SSSR count). The molecule has 0 saturated carbocycles. The third-order valence-electron chi connectivity index (χ3n) is 5.85. The van der Waals surface area contributed by atoms with Gasteiger partial charge in [0.05, 0.1) is 29.2 Å². The molecule has 1 amide bonds. The van der Waals surface area contributed by atoms with Crippen LogP contribution in [0.1, 0.15) is 33.1 Å². The molecule has 0 radical (unpaired) electrons. The van der Waals surface area contributed by atoms with E-state index < -0.39 is 23.3 Å². The smallest absolute Gasteiger partial charge is 0.346 e. The number of hydrogen-bond donors (Lipinski definition) is 2. The SMILES string of the molecule is Cc1cccc(CNC(=O)c2cc(=O)[nH]c3nc(-c4ccccc4)c(-c4cc(C)nc(C(F)(F)F)c4)nc23)n1. The van der Waals surface area contributed by atoms with Gasteiger partial charge in [0, 0.05) is 28.6 Å². The van der Waals surface area contributed by atoms with E-state index in [0.717, 1.165) is 17.8 Å². The van der Waals surface area contributed by atoms with Gasteiger partial charge in [-0.2, -0.15) is 13.2 Å². The Morgan fingerprint density at radius 1 is 0.846 bits per heavy atom. The number of benzene rings is 1. The number of H-pyrrole nitrogens is 1. The van der Waals surface area contributed by atoms with Crippen LogP contribution in [0.15, 0.2) is 71.5 Å². The minimum absolute atomic E-state index is 0.0192. The molecule has 0 bridgehead atoms. The van der Waals surface area contributed by atoms with E-state index >= 15 is 0 Å². The number of pyridine rings is 3. The molecule has 0 atom stereocenters. The van der Waals surface area contributed by atoms with Crippen LogP contribution >= 0.6 is 0 Å². The maximum atomic E-state index is 13.6. The fraction of sp³-hybridized carbons (Fsp3) is 0.143. The summed E-state index contributed by atoms with van der Waals surface area (Å²) in [5.74, 6) is -0.607. The highest BCUT2D eigenvalue weighted by Gasteiger charge is 2.33. The molecule has 8 nitrogen and oxygen atoms in total. The summed E-state index contributed by atoms with van der Waals surface area (Å²) in [5, 5.41) is 2.72. The van der Waals surface area contributed by atoms with E-state index in [9.17, 15) is 22.8 Å². The number of hydrogen-bond acceptors (Lipinski definition) is 6. The Labute approximate surface area is 220 Å². The molecule has 196 valence electrons. The highest BCUT2D eigenvalue weighted by Crippen LogP contribution is 2.35. The topological polar surface area (TPSA) is 114 Å². The summed E-state index contributed by atoms with van der Waals surface area (Å²) >= 11 is 0. The van der Waals surface area contributed by atoms with Crippen molar-refractivity contribution in [3.8, 4) is 22.5 Å². The fourth-order valence-corrected chi connectivity index (χ4v) is 4.15. The average molecular weight is 531 g/mol. The predicted octanol–water partition coefficient (Wildman–Crippen LogP) is 5.01. The summed E-state index contributed by atoms with van der Waals surface area (Å²) in [4.78, 5) is 45.4. The summed E-state index contributed by atoms with van der Waals surface area (Å²) in [5.41, 5.74) is 0.849. The molecule has 0 fully saturated rings. The molecule has 0 saturated heterocycles. The molecule has 0 spiro atoms. The Balaban J connectivity index is 1.69. The van der Waals surface area contributed by atoms with Crippen molar-refractivity contribution >= 4 is 17.1 Å². The molecule has 2 N–H and O–H groups in total. The average Bonchev–Trinajstić information content (AvgIpc) is 2.90. The number of rotatable bonds is 5. The van der Waals surface area contributed by atoms with Crippen LogP contribution in [-0.4, -0.2) is 30.8 Å². The molecule has 0 unspecified atom stereocenters. The lowest BCUT2D eigenvalue weighted by Crippen LogP contribution is -2.26. The maximum Gasteiger partial charge on any atom is 0.433 e. The summed E-state index contributed by atoms with van der Waals surface area (Å²) < 4.78 is 40.8. The molecule has 5 aromatic rings. The second kappa shape index (κ2) is 10.1. The minimum Gasteiger partial charge on any atom is -0.346 e. The van der Waals surface area contributed by atoms with Crippen molar-refractivity contribution in [3.63, 3.8) is 0 Å². The number of aryl methyl sites for hydroxylation is 2. The Hall–Kier alpha value is -4.93. The number of carbonyl (C=O) groups excluding carboxylic acids is 1. The number of aromatic amines is 1. The van der Waals surface area contributed by atoms with Crippen molar-refractivity contribution in [2.45, 2.75) is 26.6 Å². The standard InChI is InChI=1S/C28H21F3N6O2/c1-15-7-6-10-19(33-15)14-32-27(39)20-13-22(38)35-26-25(20)36-24(23(37-26)17-8-4-3-5-9-17)18-11-16(2)34-21(12-18)28(29,30)31/h3-13H,14H2,1-2H3,(H,32,39)(H,35,37,38). The second-order valence-corrected chi connectivity index (χ2v) is 8.86. The highest BCUT2D eigenvalue weighted by molar-refractivity contribution is 6.04. The van der Waals surface area contributed by atoms with Crippen LogP contribution < -0.4 is 10.9 Å². The normalized spacial score (nSPS) is 11.5. The lowest BCUT2D eigenvalue weighted by atomic mass is 10.0. The number of aromatic nitrogens is 5. The highest BCUT2D eigenvalue weighted by atomic mass is 19.4. The van der Waals surface area contributed by atoms with Crippen LogP contribution in [0, 0.1) is 13.8 Å². The first-order valence-corrected chi connectivity index (χ1v) is 11.9. The minimum atomic E-state index is -4.68. The van der Waals surface area contributed by atoms with Crippen LogP contribution in [0.5, 0.6) is 0 Å². The molecule has 0 aliphatic rings. The first kappa shape index (κ1) is 25.7. The van der Waals surface area contributed by atoms with E-state index in [0.29, 0.717) is 11.3 Å². The van der Waals surface area contributed by atoms with Gasteiger partial charge in [-0.3, -0.25) is 14.6 Å². The van der Waals surface area contributed by atoms with Gasteiger partial charge >= 0.3 is 6.18 Å². The number of carbonyl (C=O) groups is 1. The lowest BCUT2D eigenvalue weighted by molar-refractivity contribution is -0.141. The molecule has 0 aliphatic heterocycles. The second-order valence-electron chi connectivity index (χ2n) is 8.86. The summed E-state index contributed by atoms with van der Waals surface area (Å²) in [7, 11) is 0. The van der Waals surface area contributed by atoms with Crippen molar-refractivity contribution in [2.75, 3.05) is 0 Å². The van der Waals surface area contributed by atoms with Gasteiger partial charge in [0.15, 0.2) is 5.65 Å². The molecule has 1 aromatic carbocycles. The van der Waals surface area contributed by atoms with Crippen LogP contribution in [0.3, 0.4) is 0 Å². The zero-order valence-electron chi connectivity index (χ0n) is 20.8. The molecule has 4 heterocycles. The maximum absolute atomic E-state index is 13.6. The molecule has 39 heavy (non-hydrogen) atoms. The Bertz CT molecular complexity index is 1770. The van der Waals surface area contributed by atoms with Gasteiger partial charge in [0.2, 0.25) is 5.56 Å².